The molecule has 6 nitrogen and oxygen atoms in total. The van der Waals surface area contributed by atoms with Crippen LogP contribution in [-0.2, 0) is 10.0 Å². The van der Waals surface area contributed by atoms with Crippen LogP contribution in [-0.4, -0.2) is 52.0 Å². The third-order valence-electron chi connectivity index (χ3n) is 2.93. The zero-order chi connectivity index (χ0) is 16.1. The molecule has 0 unspecified atom stereocenters. The molecule has 0 aromatic carbocycles. The van der Waals surface area contributed by atoms with Crippen LogP contribution in [0.25, 0.3) is 0 Å². The third-order valence-corrected chi connectivity index (χ3v) is 4.35. The summed E-state index contributed by atoms with van der Waals surface area (Å²) < 4.78 is 27.6. The van der Waals surface area contributed by atoms with E-state index in [0.29, 0.717) is 18.8 Å². The summed E-state index contributed by atoms with van der Waals surface area (Å²) in [6.07, 6.45) is 2.95. The van der Waals surface area contributed by atoms with E-state index in [9.17, 15) is 8.42 Å². The molecule has 0 radical (unpaired) electrons. The van der Waals surface area contributed by atoms with E-state index in [0.717, 1.165) is 6.54 Å². The van der Waals surface area contributed by atoms with E-state index in [4.69, 9.17) is 0 Å². The SMILES string of the molecule is CCNc1ccncc1S(=O)(=O)NCC(C)(C)CN(C)C. The van der Waals surface area contributed by atoms with Crippen molar-refractivity contribution < 1.29 is 8.42 Å². The zero-order valence-electron chi connectivity index (χ0n) is 13.5. The molecule has 1 rings (SSSR count). The van der Waals surface area contributed by atoms with E-state index in [1.165, 1.54) is 6.20 Å². The van der Waals surface area contributed by atoms with Crippen LogP contribution in [0.5, 0.6) is 0 Å². The zero-order valence-corrected chi connectivity index (χ0v) is 14.3. The van der Waals surface area contributed by atoms with Gasteiger partial charge in [0.25, 0.3) is 0 Å². The number of anilines is 1. The Balaban J connectivity index is 2.88. The molecule has 0 saturated carbocycles. The molecule has 1 heterocycles. The Labute approximate surface area is 128 Å². The number of hydrogen-bond donors (Lipinski definition) is 2. The highest BCUT2D eigenvalue weighted by molar-refractivity contribution is 7.89. The maximum absolute atomic E-state index is 12.5. The molecule has 0 saturated heterocycles. The van der Waals surface area contributed by atoms with Crippen LogP contribution in [0.15, 0.2) is 23.4 Å². The molecule has 0 bridgehead atoms. The number of nitrogens with one attached hydrogen (secondary N) is 2. The Kier molecular flexibility index (Phi) is 6.12. The minimum Gasteiger partial charge on any atom is -0.384 e. The quantitative estimate of drug-likeness (QED) is 0.758. The molecular weight excluding hydrogens is 288 g/mol. The summed E-state index contributed by atoms with van der Waals surface area (Å²) in [5, 5.41) is 3.04. The van der Waals surface area contributed by atoms with Crippen molar-refractivity contribution in [3.63, 3.8) is 0 Å². The second-order valence-corrected chi connectivity index (χ2v) is 7.86. The summed E-state index contributed by atoms with van der Waals surface area (Å²) in [7, 11) is 0.370. The van der Waals surface area contributed by atoms with Crippen molar-refractivity contribution in [2.45, 2.75) is 25.7 Å². The Morgan fingerprint density at radius 1 is 1.33 bits per heavy atom. The first-order valence-corrected chi connectivity index (χ1v) is 8.48. The highest BCUT2D eigenvalue weighted by Crippen LogP contribution is 2.21. The van der Waals surface area contributed by atoms with Crippen molar-refractivity contribution in [3.8, 4) is 0 Å². The fourth-order valence-electron chi connectivity index (χ4n) is 2.21. The van der Waals surface area contributed by atoms with Crippen molar-refractivity contribution in [2.24, 2.45) is 5.41 Å². The van der Waals surface area contributed by atoms with Gasteiger partial charge in [-0.25, -0.2) is 13.1 Å². The first kappa shape index (κ1) is 17.9. The monoisotopic (exact) mass is 314 g/mol. The van der Waals surface area contributed by atoms with Gasteiger partial charge in [0.1, 0.15) is 4.90 Å². The van der Waals surface area contributed by atoms with Crippen LogP contribution >= 0.6 is 0 Å². The van der Waals surface area contributed by atoms with Gasteiger partial charge in [-0.3, -0.25) is 4.98 Å². The van der Waals surface area contributed by atoms with Crippen LogP contribution in [0.4, 0.5) is 5.69 Å². The van der Waals surface area contributed by atoms with Crippen molar-refractivity contribution in [2.75, 3.05) is 39.0 Å². The third kappa shape index (κ3) is 5.61. The van der Waals surface area contributed by atoms with Gasteiger partial charge in [-0.15, -0.1) is 0 Å². The topological polar surface area (TPSA) is 74.3 Å². The molecule has 2 N–H and O–H groups in total. The van der Waals surface area contributed by atoms with Gasteiger partial charge in [0.05, 0.1) is 5.69 Å². The van der Waals surface area contributed by atoms with Crippen LogP contribution in [0.3, 0.4) is 0 Å². The van der Waals surface area contributed by atoms with E-state index >= 15 is 0 Å². The van der Waals surface area contributed by atoms with Crippen LogP contribution in [0, 0.1) is 5.41 Å². The number of nitrogens with zero attached hydrogens (tertiary/aromatic N) is 2. The summed E-state index contributed by atoms with van der Waals surface area (Å²) in [6.45, 7) is 7.80. The van der Waals surface area contributed by atoms with Gasteiger partial charge in [-0.1, -0.05) is 13.8 Å². The lowest BCUT2D eigenvalue weighted by atomic mass is 9.93. The van der Waals surface area contributed by atoms with E-state index < -0.39 is 10.0 Å². The van der Waals surface area contributed by atoms with E-state index in [-0.39, 0.29) is 10.3 Å². The fourth-order valence-corrected chi connectivity index (χ4v) is 3.58. The van der Waals surface area contributed by atoms with Gasteiger partial charge in [-0.2, -0.15) is 0 Å². The molecule has 120 valence electrons. The van der Waals surface area contributed by atoms with Crippen molar-refractivity contribution in [3.05, 3.63) is 18.5 Å². The average Bonchev–Trinajstić information content (AvgIpc) is 2.36. The molecule has 1 aromatic heterocycles. The fraction of sp³-hybridized carbons (Fsp3) is 0.643. The number of hydrogen-bond acceptors (Lipinski definition) is 5. The molecule has 7 heteroatoms. The lowest BCUT2D eigenvalue weighted by molar-refractivity contribution is 0.242. The van der Waals surface area contributed by atoms with Gasteiger partial charge in [0, 0.05) is 32.0 Å². The summed E-state index contributed by atoms with van der Waals surface area (Å²) in [6, 6.07) is 1.67. The first-order chi connectivity index (χ1) is 9.68. The summed E-state index contributed by atoms with van der Waals surface area (Å²) >= 11 is 0. The molecular formula is C14H26N4O2S. The molecule has 21 heavy (non-hydrogen) atoms. The summed E-state index contributed by atoms with van der Waals surface area (Å²) in [4.78, 5) is 6.15. The number of pyridine rings is 1. The normalized spacial score (nSPS) is 12.7. The largest absolute Gasteiger partial charge is 0.384 e. The Hall–Kier alpha value is -1.18. The highest BCUT2D eigenvalue weighted by Gasteiger charge is 2.24. The van der Waals surface area contributed by atoms with Gasteiger partial charge in [0.2, 0.25) is 10.0 Å². The maximum Gasteiger partial charge on any atom is 0.244 e. The standard InChI is InChI=1S/C14H26N4O2S/c1-6-16-12-7-8-15-9-13(12)21(19,20)17-10-14(2,3)11-18(4)5/h7-9,17H,6,10-11H2,1-5H3,(H,15,16). The van der Waals surface area contributed by atoms with Gasteiger partial charge >= 0.3 is 0 Å². The Bertz CT molecular complexity index is 556. The van der Waals surface area contributed by atoms with E-state index in [1.807, 2.05) is 39.8 Å². The predicted octanol–water partition coefficient (Wildman–Crippen LogP) is 1.38. The molecule has 0 aliphatic rings. The van der Waals surface area contributed by atoms with Crippen LogP contribution < -0.4 is 10.0 Å². The molecule has 1 aromatic rings. The molecule has 0 spiro atoms. The number of sulfonamides is 1. The van der Waals surface area contributed by atoms with Crippen molar-refractivity contribution in [1.29, 1.82) is 0 Å². The molecule has 0 amide bonds. The van der Waals surface area contributed by atoms with Gasteiger partial charge in [0.15, 0.2) is 0 Å². The molecule has 0 aliphatic heterocycles. The first-order valence-electron chi connectivity index (χ1n) is 7.00. The molecule has 0 fully saturated rings. The lowest BCUT2D eigenvalue weighted by Crippen LogP contribution is -2.40. The summed E-state index contributed by atoms with van der Waals surface area (Å²) in [5.41, 5.74) is 0.419. The van der Waals surface area contributed by atoms with E-state index in [2.05, 4.69) is 15.0 Å². The lowest BCUT2D eigenvalue weighted by Gasteiger charge is -2.28. The minimum absolute atomic E-state index is 0.156. The maximum atomic E-state index is 12.5. The second kappa shape index (κ2) is 7.20. The molecule has 0 atom stereocenters. The smallest absolute Gasteiger partial charge is 0.244 e. The van der Waals surface area contributed by atoms with Crippen LogP contribution in [0.1, 0.15) is 20.8 Å². The van der Waals surface area contributed by atoms with Gasteiger partial charge < -0.3 is 10.2 Å². The van der Waals surface area contributed by atoms with E-state index in [1.54, 1.807) is 12.3 Å². The van der Waals surface area contributed by atoms with Crippen LogP contribution in [0.2, 0.25) is 0 Å². The van der Waals surface area contributed by atoms with Crippen molar-refractivity contribution in [1.82, 2.24) is 14.6 Å². The summed E-state index contributed by atoms with van der Waals surface area (Å²) in [5.74, 6) is 0. The Morgan fingerprint density at radius 2 is 2.00 bits per heavy atom. The highest BCUT2D eigenvalue weighted by atomic mass is 32.2. The average molecular weight is 314 g/mol. The van der Waals surface area contributed by atoms with Crippen molar-refractivity contribution >= 4 is 15.7 Å². The second-order valence-electron chi connectivity index (χ2n) is 6.13. The van der Waals surface area contributed by atoms with Gasteiger partial charge in [-0.05, 0) is 32.5 Å². The molecule has 0 aliphatic carbocycles. The number of aromatic nitrogens is 1. The minimum atomic E-state index is -3.58. The Morgan fingerprint density at radius 3 is 2.57 bits per heavy atom. The number of rotatable bonds is 8. The predicted molar refractivity (Wildman–Crippen MR) is 85.9 cm³/mol.